The molecule has 0 radical (unpaired) electrons. The lowest BCUT2D eigenvalue weighted by Crippen LogP contribution is -2.21. The van der Waals surface area contributed by atoms with E-state index in [0.29, 0.717) is 6.20 Å². The van der Waals surface area contributed by atoms with Crippen molar-refractivity contribution in [3.63, 3.8) is 0 Å². The zero-order valence-corrected chi connectivity index (χ0v) is 8.33. The molecule has 3 N–H and O–H groups in total. The van der Waals surface area contributed by atoms with Crippen LogP contribution in [-0.2, 0) is 0 Å². The first kappa shape index (κ1) is 13.9. The van der Waals surface area contributed by atoms with Crippen LogP contribution in [0.5, 0.6) is 5.75 Å². The van der Waals surface area contributed by atoms with Gasteiger partial charge in [0.25, 0.3) is 6.43 Å². The van der Waals surface area contributed by atoms with E-state index in [2.05, 4.69) is 9.72 Å². The third-order valence-corrected chi connectivity index (χ3v) is 1.76. The SMILES string of the molecule is Nc1c(C(=O)O)cnc(C(F)F)c1OC(F)(F)F. The van der Waals surface area contributed by atoms with Crippen LogP contribution < -0.4 is 10.5 Å². The standard InChI is InChI=1S/C8H5F5N2O3/c9-6(10)4-5(18-8(11,12)13)3(14)2(1-15-4)7(16)17/h1,6H,(H2,14,15)(H,16,17). The average molecular weight is 272 g/mol. The number of pyridine rings is 1. The summed E-state index contributed by atoms with van der Waals surface area (Å²) in [5.74, 6) is -3.22. The van der Waals surface area contributed by atoms with E-state index in [9.17, 15) is 26.7 Å². The zero-order chi connectivity index (χ0) is 14.1. The van der Waals surface area contributed by atoms with E-state index in [4.69, 9.17) is 10.8 Å². The van der Waals surface area contributed by atoms with Crippen LogP contribution in [0.4, 0.5) is 27.6 Å². The number of ether oxygens (including phenoxy) is 1. The van der Waals surface area contributed by atoms with Crippen molar-refractivity contribution in [2.45, 2.75) is 12.8 Å². The van der Waals surface area contributed by atoms with Gasteiger partial charge in [0, 0.05) is 6.20 Å². The second-order valence-corrected chi connectivity index (χ2v) is 2.95. The van der Waals surface area contributed by atoms with E-state index in [1.807, 2.05) is 0 Å². The molecule has 1 heterocycles. The Morgan fingerprint density at radius 1 is 1.44 bits per heavy atom. The van der Waals surface area contributed by atoms with Gasteiger partial charge in [-0.15, -0.1) is 13.2 Å². The maximum Gasteiger partial charge on any atom is 0.573 e. The Kier molecular flexibility index (Phi) is 3.58. The van der Waals surface area contributed by atoms with Gasteiger partial charge < -0.3 is 15.6 Å². The molecule has 1 rings (SSSR count). The number of nitrogens with zero attached hydrogens (tertiary/aromatic N) is 1. The van der Waals surface area contributed by atoms with Crippen LogP contribution in [0.25, 0.3) is 0 Å². The summed E-state index contributed by atoms with van der Waals surface area (Å²) in [6.07, 6.45) is -8.26. The Morgan fingerprint density at radius 3 is 2.39 bits per heavy atom. The van der Waals surface area contributed by atoms with Gasteiger partial charge in [-0.05, 0) is 0 Å². The van der Waals surface area contributed by atoms with Gasteiger partial charge in [-0.3, -0.25) is 4.98 Å². The monoisotopic (exact) mass is 272 g/mol. The molecule has 5 nitrogen and oxygen atoms in total. The smallest absolute Gasteiger partial charge is 0.478 e. The molecule has 10 heteroatoms. The molecular formula is C8H5F5N2O3. The van der Waals surface area contributed by atoms with Crippen LogP contribution in [0.2, 0.25) is 0 Å². The summed E-state index contributed by atoms with van der Waals surface area (Å²) in [5.41, 5.74) is 1.74. The molecule has 0 fully saturated rings. The predicted octanol–water partition coefficient (Wildman–Crippen LogP) is 2.20. The summed E-state index contributed by atoms with van der Waals surface area (Å²) in [4.78, 5) is 13.5. The van der Waals surface area contributed by atoms with Gasteiger partial charge in [-0.25, -0.2) is 13.6 Å². The lowest BCUT2D eigenvalue weighted by atomic mass is 10.2. The summed E-state index contributed by atoms with van der Waals surface area (Å²) in [6.45, 7) is 0. The van der Waals surface area contributed by atoms with Gasteiger partial charge in [0.05, 0.1) is 5.69 Å². The number of anilines is 1. The molecule has 0 amide bonds. The Hall–Kier alpha value is -2.13. The molecule has 0 aliphatic rings. The highest BCUT2D eigenvalue weighted by atomic mass is 19.4. The number of aromatic carboxylic acids is 1. The number of carbonyl (C=O) groups is 1. The molecule has 0 saturated heterocycles. The number of halogens is 5. The average Bonchev–Trinajstić information content (AvgIpc) is 2.17. The van der Waals surface area contributed by atoms with E-state index in [1.165, 1.54) is 0 Å². The summed E-state index contributed by atoms with van der Waals surface area (Å²) >= 11 is 0. The molecule has 0 bridgehead atoms. The summed E-state index contributed by atoms with van der Waals surface area (Å²) in [6, 6.07) is 0. The van der Waals surface area contributed by atoms with Gasteiger partial charge in [0.1, 0.15) is 5.56 Å². The minimum atomic E-state index is -5.30. The first-order valence-corrected chi connectivity index (χ1v) is 4.19. The summed E-state index contributed by atoms with van der Waals surface area (Å²) in [5, 5.41) is 8.57. The minimum absolute atomic E-state index is 0.433. The zero-order valence-electron chi connectivity index (χ0n) is 8.33. The lowest BCUT2D eigenvalue weighted by molar-refractivity contribution is -0.275. The number of hydrogen-bond donors (Lipinski definition) is 2. The Bertz CT molecular complexity index is 475. The molecule has 100 valence electrons. The third-order valence-electron chi connectivity index (χ3n) is 1.76. The van der Waals surface area contributed by atoms with Crippen molar-refractivity contribution in [1.29, 1.82) is 0 Å². The highest BCUT2D eigenvalue weighted by Crippen LogP contribution is 2.37. The number of hydrogen-bond acceptors (Lipinski definition) is 4. The molecule has 0 saturated carbocycles. The lowest BCUT2D eigenvalue weighted by Gasteiger charge is -2.15. The van der Waals surface area contributed by atoms with Gasteiger partial charge in [-0.1, -0.05) is 0 Å². The van der Waals surface area contributed by atoms with Crippen molar-refractivity contribution < 1.29 is 36.6 Å². The molecule has 18 heavy (non-hydrogen) atoms. The molecule has 0 spiro atoms. The Morgan fingerprint density at radius 2 is 2.00 bits per heavy atom. The van der Waals surface area contributed by atoms with Crippen molar-refractivity contribution in [2.24, 2.45) is 0 Å². The van der Waals surface area contributed by atoms with Crippen LogP contribution >= 0.6 is 0 Å². The Labute approximate surface area is 96.0 Å². The number of carboxylic acid groups (broad SMARTS) is 1. The number of carboxylic acids is 1. The fraction of sp³-hybridized carbons (Fsp3) is 0.250. The molecule has 0 atom stereocenters. The van der Waals surface area contributed by atoms with Crippen LogP contribution in [0.3, 0.4) is 0 Å². The van der Waals surface area contributed by atoms with E-state index in [1.54, 1.807) is 0 Å². The predicted molar refractivity (Wildman–Crippen MR) is 47.2 cm³/mol. The van der Waals surface area contributed by atoms with Gasteiger partial charge in [-0.2, -0.15) is 0 Å². The largest absolute Gasteiger partial charge is 0.573 e. The first-order valence-electron chi connectivity index (χ1n) is 4.19. The highest BCUT2D eigenvalue weighted by molar-refractivity contribution is 5.95. The van der Waals surface area contributed by atoms with E-state index >= 15 is 0 Å². The number of aromatic nitrogens is 1. The fourth-order valence-electron chi connectivity index (χ4n) is 1.07. The molecule has 0 aliphatic carbocycles. The van der Waals surface area contributed by atoms with Crippen molar-refractivity contribution in [1.82, 2.24) is 4.98 Å². The topological polar surface area (TPSA) is 85.4 Å². The quantitative estimate of drug-likeness (QED) is 0.824. The van der Waals surface area contributed by atoms with Crippen LogP contribution in [0, 0.1) is 0 Å². The van der Waals surface area contributed by atoms with Crippen molar-refractivity contribution >= 4 is 11.7 Å². The molecule has 0 aliphatic heterocycles. The normalized spacial score (nSPS) is 11.7. The fourth-order valence-corrected chi connectivity index (χ4v) is 1.07. The van der Waals surface area contributed by atoms with Crippen LogP contribution in [-0.4, -0.2) is 22.4 Å². The van der Waals surface area contributed by atoms with E-state index in [0.717, 1.165) is 0 Å². The van der Waals surface area contributed by atoms with E-state index < -0.39 is 41.5 Å². The molecule has 1 aromatic heterocycles. The number of rotatable bonds is 3. The summed E-state index contributed by atoms with van der Waals surface area (Å²) in [7, 11) is 0. The van der Waals surface area contributed by atoms with E-state index in [-0.39, 0.29) is 0 Å². The number of nitrogens with two attached hydrogens (primary N) is 1. The van der Waals surface area contributed by atoms with Gasteiger partial charge in [0.15, 0.2) is 11.4 Å². The molecular weight excluding hydrogens is 267 g/mol. The highest BCUT2D eigenvalue weighted by Gasteiger charge is 2.36. The molecule has 0 aromatic carbocycles. The second kappa shape index (κ2) is 4.63. The van der Waals surface area contributed by atoms with Gasteiger partial charge in [0.2, 0.25) is 0 Å². The van der Waals surface area contributed by atoms with Gasteiger partial charge >= 0.3 is 12.3 Å². The van der Waals surface area contributed by atoms with Crippen molar-refractivity contribution in [3.05, 3.63) is 17.5 Å². The number of nitrogen functional groups attached to an aromatic ring is 1. The maximum absolute atomic E-state index is 12.4. The minimum Gasteiger partial charge on any atom is -0.478 e. The Balaban J connectivity index is 3.41. The van der Waals surface area contributed by atoms with Crippen LogP contribution in [0.15, 0.2) is 6.20 Å². The first-order chi connectivity index (χ1) is 8.13. The second-order valence-electron chi connectivity index (χ2n) is 2.95. The maximum atomic E-state index is 12.4. The van der Waals surface area contributed by atoms with Crippen molar-refractivity contribution in [2.75, 3.05) is 5.73 Å². The number of alkyl halides is 5. The molecule has 1 aromatic rings. The van der Waals surface area contributed by atoms with Crippen LogP contribution in [0.1, 0.15) is 22.5 Å². The summed E-state index contributed by atoms with van der Waals surface area (Å²) < 4.78 is 64.1. The van der Waals surface area contributed by atoms with Crippen molar-refractivity contribution in [3.8, 4) is 5.75 Å². The molecule has 0 unspecified atom stereocenters. The third kappa shape index (κ3) is 2.96.